The fourth-order valence-corrected chi connectivity index (χ4v) is 10.0. The van der Waals surface area contributed by atoms with Gasteiger partial charge in [0, 0.05) is 12.8 Å². The van der Waals surface area contributed by atoms with Gasteiger partial charge >= 0.3 is 13.8 Å². The summed E-state index contributed by atoms with van der Waals surface area (Å²) in [5.74, 6) is -0.501. The number of amides is 1. The lowest BCUT2D eigenvalue weighted by atomic mass is 10.0. The number of quaternary nitrogens is 1. The number of likely N-dealkylation sites (N-methyl/N-ethyl adjacent to an activating group) is 1. The number of nitrogens with zero attached hydrogens (tertiary/aromatic N) is 1. The average Bonchev–Trinajstić information content (AvgIpc) is 3.37. The normalized spacial score (nSPS) is 14.0. The molecule has 0 aliphatic rings. The van der Waals surface area contributed by atoms with Crippen molar-refractivity contribution >= 4 is 19.7 Å². The molecule has 0 aromatic rings. The molecular weight excluding hydrogens is 952 g/mol. The number of phosphoric acid groups is 1. The first-order valence-corrected chi connectivity index (χ1v) is 33.5. The van der Waals surface area contributed by atoms with Gasteiger partial charge in [-0.3, -0.25) is 18.6 Å². The van der Waals surface area contributed by atoms with Gasteiger partial charge in [-0.2, -0.15) is 0 Å². The minimum atomic E-state index is -4.45. The molecule has 440 valence electrons. The van der Waals surface area contributed by atoms with E-state index >= 15 is 0 Å². The number of hydrogen-bond acceptors (Lipinski definition) is 6. The van der Waals surface area contributed by atoms with E-state index in [2.05, 4.69) is 62.5 Å². The van der Waals surface area contributed by atoms with Gasteiger partial charge in [-0.15, -0.1) is 0 Å². The Kier molecular flexibility index (Phi) is 53.8. The van der Waals surface area contributed by atoms with Gasteiger partial charge < -0.3 is 19.4 Å². The summed E-state index contributed by atoms with van der Waals surface area (Å²) in [4.78, 5) is 37.7. The molecule has 2 N–H and O–H groups in total. The van der Waals surface area contributed by atoms with Crippen LogP contribution < -0.4 is 5.32 Å². The second kappa shape index (κ2) is 55.3. The third-order valence-corrected chi connectivity index (χ3v) is 15.3. The fraction of sp³-hybridized carbons (Fsp3) is 0.846. The molecule has 0 bridgehead atoms. The van der Waals surface area contributed by atoms with Crippen LogP contribution in [0.1, 0.15) is 303 Å². The maximum absolute atomic E-state index is 13.5. The molecule has 0 aliphatic heterocycles. The Hall–Kier alpha value is -2.03. The summed E-state index contributed by atoms with van der Waals surface area (Å²) in [6, 6.07) is -0.849. The molecule has 0 aromatic heterocycles. The third-order valence-electron chi connectivity index (χ3n) is 14.3. The molecule has 10 heteroatoms. The standard InChI is InChI=1S/C65H123N2O7P/c1-7-10-13-16-19-22-25-28-30-31-32-33-34-35-37-40-43-46-49-52-55-58-65(69)74-63(56-53-50-47-44-41-38-27-24-21-18-15-12-9-3)62(61-73-75(70,71)72-60-59-67(4,5)6)66-64(68)57-54-51-48-45-42-39-36-29-26-23-20-17-14-11-8-2/h19,22,28,30,32-33,53,56,62-63H,7-18,20-21,23-27,29,31,34-52,54-55,57-61H2,1-6H3,(H-,66,68,70,71)/p+1/b22-19-,30-28-,33-32-,56-53+. The Bertz CT molecular complexity index is 1420. The number of ether oxygens (including phenoxy) is 1. The van der Waals surface area contributed by atoms with Crippen LogP contribution in [0.15, 0.2) is 48.6 Å². The quantitative estimate of drug-likeness (QED) is 0.0205. The zero-order chi connectivity index (χ0) is 55.0. The number of phosphoric ester groups is 1. The predicted molar refractivity (Wildman–Crippen MR) is 323 cm³/mol. The van der Waals surface area contributed by atoms with Crippen LogP contribution >= 0.6 is 7.82 Å². The Balaban J connectivity index is 5.24. The van der Waals surface area contributed by atoms with Crippen LogP contribution in [-0.4, -0.2) is 74.3 Å². The van der Waals surface area contributed by atoms with Crippen molar-refractivity contribution < 1.29 is 37.3 Å². The average molecular weight is 1080 g/mol. The van der Waals surface area contributed by atoms with Gasteiger partial charge in [0.05, 0.1) is 33.8 Å². The van der Waals surface area contributed by atoms with Crippen LogP contribution in [0.4, 0.5) is 0 Å². The first-order chi connectivity index (χ1) is 36.4. The number of carbonyl (C=O) groups is 2. The molecule has 0 saturated carbocycles. The summed E-state index contributed by atoms with van der Waals surface area (Å²) in [7, 11) is 1.50. The van der Waals surface area contributed by atoms with E-state index in [4.69, 9.17) is 13.8 Å². The van der Waals surface area contributed by atoms with Crippen molar-refractivity contribution in [1.82, 2.24) is 5.32 Å². The number of nitrogens with one attached hydrogen (secondary N) is 1. The maximum atomic E-state index is 13.5. The molecule has 0 fully saturated rings. The highest BCUT2D eigenvalue weighted by Crippen LogP contribution is 2.43. The van der Waals surface area contributed by atoms with Crippen molar-refractivity contribution in [3.63, 3.8) is 0 Å². The Morgan fingerprint density at radius 3 is 1.24 bits per heavy atom. The fourth-order valence-electron chi connectivity index (χ4n) is 9.30. The maximum Gasteiger partial charge on any atom is 0.472 e. The predicted octanol–water partition coefficient (Wildman–Crippen LogP) is 19.7. The minimum Gasteiger partial charge on any atom is -0.456 e. The molecule has 0 aromatic carbocycles. The molecule has 3 atom stereocenters. The molecule has 0 spiro atoms. The van der Waals surface area contributed by atoms with Crippen LogP contribution in [0.2, 0.25) is 0 Å². The number of esters is 1. The van der Waals surface area contributed by atoms with Crippen LogP contribution in [0.3, 0.4) is 0 Å². The molecule has 9 nitrogen and oxygen atoms in total. The number of unbranched alkanes of at least 4 members (excludes halogenated alkanes) is 36. The van der Waals surface area contributed by atoms with Crippen molar-refractivity contribution in [3.05, 3.63) is 48.6 Å². The summed E-state index contributed by atoms with van der Waals surface area (Å²) in [6.07, 6.45) is 68.1. The van der Waals surface area contributed by atoms with Crippen molar-refractivity contribution in [2.75, 3.05) is 40.9 Å². The summed E-state index contributed by atoms with van der Waals surface area (Å²) < 4.78 is 30.7. The van der Waals surface area contributed by atoms with Gasteiger partial charge in [-0.05, 0) is 70.3 Å². The van der Waals surface area contributed by atoms with Crippen LogP contribution in [-0.2, 0) is 27.9 Å². The molecule has 1 amide bonds. The minimum absolute atomic E-state index is 0.0403. The van der Waals surface area contributed by atoms with Crippen LogP contribution in [0.5, 0.6) is 0 Å². The Morgan fingerprint density at radius 1 is 0.467 bits per heavy atom. The second-order valence-corrected chi connectivity index (χ2v) is 24.4. The monoisotopic (exact) mass is 1080 g/mol. The van der Waals surface area contributed by atoms with Gasteiger partial charge in [0.1, 0.15) is 19.3 Å². The Morgan fingerprint density at radius 2 is 0.813 bits per heavy atom. The van der Waals surface area contributed by atoms with Gasteiger partial charge in [0.15, 0.2) is 0 Å². The van der Waals surface area contributed by atoms with E-state index in [1.165, 1.54) is 186 Å². The van der Waals surface area contributed by atoms with Crippen molar-refractivity contribution in [2.45, 2.75) is 315 Å². The highest BCUT2D eigenvalue weighted by molar-refractivity contribution is 7.47. The van der Waals surface area contributed by atoms with Crippen molar-refractivity contribution in [1.29, 1.82) is 0 Å². The molecule has 75 heavy (non-hydrogen) atoms. The first-order valence-electron chi connectivity index (χ1n) is 32.0. The van der Waals surface area contributed by atoms with E-state index in [0.717, 1.165) is 83.5 Å². The van der Waals surface area contributed by atoms with Gasteiger partial charge in [-0.1, -0.05) is 269 Å². The zero-order valence-corrected chi connectivity index (χ0v) is 51.2. The number of hydrogen-bond donors (Lipinski definition) is 2. The molecule has 3 unspecified atom stereocenters. The lowest BCUT2D eigenvalue weighted by Gasteiger charge is -2.27. The van der Waals surface area contributed by atoms with E-state index in [1.54, 1.807) is 0 Å². The van der Waals surface area contributed by atoms with E-state index in [9.17, 15) is 19.0 Å². The summed E-state index contributed by atoms with van der Waals surface area (Å²) in [5, 5.41) is 3.06. The van der Waals surface area contributed by atoms with E-state index in [-0.39, 0.29) is 31.5 Å². The Labute approximate surface area is 465 Å². The number of rotatable bonds is 58. The SMILES string of the molecule is CCCCC/C=C\C/C=C\C/C=C\CCCCCCCCCCC(=O)OC(/C=C/CCCCCCCCCCCCC)C(COP(=O)(O)OCC[N+](C)(C)C)NC(=O)CCCCCCCCCCCCCCCCC. The molecule has 0 rings (SSSR count). The zero-order valence-electron chi connectivity index (χ0n) is 50.3. The summed E-state index contributed by atoms with van der Waals surface area (Å²) >= 11 is 0. The van der Waals surface area contributed by atoms with Crippen LogP contribution in [0.25, 0.3) is 0 Å². The third kappa shape index (κ3) is 56.5. The number of carbonyl (C=O) groups excluding carboxylic acids is 2. The largest absolute Gasteiger partial charge is 0.472 e. The second-order valence-electron chi connectivity index (χ2n) is 22.9. The smallest absolute Gasteiger partial charge is 0.456 e. The lowest BCUT2D eigenvalue weighted by Crippen LogP contribution is -2.47. The highest BCUT2D eigenvalue weighted by Gasteiger charge is 2.30. The van der Waals surface area contributed by atoms with Crippen molar-refractivity contribution in [2.24, 2.45) is 0 Å². The molecule has 0 saturated heterocycles. The first kappa shape index (κ1) is 73.0. The van der Waals surface area contributed by atoms with E-state index in [1.807, 2.05) is 33.3 Å². The van der Waals surface area contributed by atoms with Gasteiger partial charge in [0.25, 0.3) is 0 Å². The molecule has 0 radical (unpaired) electrons. The van der Waals surface area contributed by atoms with Gasteiger partial charge in [0.2, 0.25) is 5.91 Å². The van der Waals surface area contributed by atoms with Crippen LogP contribution in [0, 0.1) is 0 Å². The topological polar surface area (TPSA) is 111 Å². The number of allylic oxidation sites excluding steroid dienone is 7. The van der Waals surface area contributed by atoms with E-state index in [0.29, 0.717) is 17.4 Å². The summed E-state index contributed by atoms with van der Waals surface area (Å²) in [6.45, 7) is 7.01. The van der Waals surface area contributed by atoms with Gasteiger partial charge in [-0.25, -0.2) is 4.57 Å². The highest BCUT2D eigenvalue weighted by atomic mass is 31.2. The van der Waals surface area contributed by atoms with Crippen molar-refractivity contribution in [3.8, 4) is 0 Å². The molecule has 0 heterocycles. The molecule has 0 aliphatic carbocycles. The lowest BCUT2D eigenvalue weighted by molar-refractivity contribution is -0.870. The molecular formula is C65H124N2O7P+. The summed E-state index contributed by atoms with van der Waals surface area (Å²) in [5.41, 5.74) is 0. The van der Waals surface area contributed by atoms with E-state index < -0.39 is 20.0 Å².